The maximum atomic E-state index is 13.2. The molecule has 1 aromatic heterocycles. The summed E-state index contributed by atoms with van der Waals surface area (Å²) >= 11 is 0. The van der Waals surface area contributed by atoms with Crippen LogP contribution in [0.2, 0.25) is 0 Å². The smallest absolute Gasteiger partial charge is 0.270 e. The number of para-hydroxylation sites is 1. The first-order valence-corrected chi connectivity index (χ1v) is 11.7. The third-order valence-corrected chi connectivity index (χ3v) is 7.00. The second-order valence-electron chi connectivity index (χ2n) is 8.86. The van der Waals surface area contributed by atoms with Gasteiger partial charge in [-0.2, -0.15) is 0 Å². The number of hydrogen-bond acceptors (Lipinski definition) is 2. The number of aromatic amines is 1. The zero-order valence-electron chi connectivity index (χ0n) is 19.4. The van der Waals surface area contributed by atoms with Gasteiger partial charge in [0.1, 0.15) is 5.69 Å². The molecule has 0 bridgehead atoms. The largest absolute Gasteiger partial charge is 0.350 e. The summed E-state index contributed by atoms with van der Waals surface area (Å²) in [6.07, 6.45) is 2.35. The molecule has 1 fully saturated rings. The van der Waals surface area contributed by atoms with Gasteiger partial charge < -0.3 is 9.88 Å². The third kappa shape index (κ3) is 4.27. The van der Waals surface area contributed by atoms with Gasteiger partial charge in [0.25, 0.3) is 5.91 Å². The van der Waals surface area contributed by atoms with E-state index in [0.29, 0.717) is 5.92 Å². The van der Waals surface area contributed by atoms with Crippen LogP contribution >= 0.6 is 0 Å². The van der Waals surface area contributed by atoms with E-state index in [4.69, 9.17) is 0 Å². The van der Waals surface area contributed by atoms with Crippen molar-refractivity contribution in [2.45, 2.75) is 53.0 Å². The fourth-order valence-corrected chi connectivity index (χ4v) is 5.29. The lowest BCUT2D eigenvalue weighted by molar-refractivity contribution is 0.0765. The zero-order valence-corrected chi connectivity index (χ0v) is 19.4. The van der Waals surface area contributed by atoms with E-state index in [1.165, 1.54) is 29.4 Å². The summed E-state index contributed by atoms with van der Waals surface area (Å²) < 4.78 is 0. The molecular weight excluding hydrogens is 382 g/mol. The summed E-state index contributed by atoms with van der Waals surface area (Å²) in [7, 11) is 0. The van der Waals surface area contributed by atoms with Crippen LogP contribution in [0.25, 0.3) is 10.9 Å². The molecule has 4 heteroatoms. The number of rotatable bonds is 6. The average molecular weight is 418 g/mol. The number of fused-ring (bicyclic) bond motifs is 1. The Balaban J connectivity index is 1.55. The molecule has 1 N–H and O–H groups in total. The fraction of sp³-hybridized carbons (Fsp3) is 0.444. The van der Waals surface area contributed by atoms with Crippen molar-refractivity contribution in [3.05, 3.63) is 70.4 Å². The van der Waals surface area contributed by atoms with Crippen molar-refractivity contribution >= 4 is 16.8 Å². The van der Waals surface area contributed by atoms with Gasteiger partial charge in [-0.15, -0.1) is 0 Å². The van der Waals surface area contributed by atoms with Crippen LogP contribution < -0.4 is 0 Å². The lowest BCUT2D eigenvalue weighted by Crippen LogP contribution is -2.35. The summed E-state index contributed by atoms with van der Waals surface area (Å²) in [5, 5.41) is 1.18. The number of nitrogens with zero attached hydrogens (tertiary/aromatic N) is 2. The van der Waals surface area contributed by atoms with E-state index in [2.05, 4.69) is 60.1 Å². The minimum absolute atomic E-state index is 0.113. The first-order valence-electron chi connectivity index (χ1n) is 11.7. The summed E-state index contributed by atoms with van der Waals surface area (Å²) in [6.45, 7) is 13.0. The Bertz CT molecular complexity index is 1040. The number of likely N-dealkylation sites (tertiary alicyclic amines) is 1. The Hall–Kier alpha value is -2.59. The van der Waals surface area contributed by atoms with E-state index in [-0.39, 0.29) is 5.91 Å². The number of aryl methyl sites for hydroxylation is 2. The predicted octanol–water partition coefficient (Wildman–Crippen LogP) is 5.65. The molecule has 1 saturated heterocycles. The predicted molar refractivity (Wildman–Crippen MR) is 129 cm³/mol. The Morgan fingerprint density at radius 3 is 2.29 bits per heavy atom. The van der Waals surface area contributed by atoms with Crippen molar-refractivity contribution < 1.29 is 4.79 Å². The van der Waals surface area contributed by atoms with Crippen LogP contribution in [-0.2, 0) is 6.54 Å². The van der Waals surface area contributed by atoms with Gasteiger partial charge in [-0.3, -0.25) is 9.69 Å². The SMILES string of the molecule is CCN(CC)C(=O)c1[nH]c2ccccc2c1CN1CCC(c2c(C)cccc2C)CC1. The Kier molecular flexibility index (Phi) is 6.47. The minimum atomic E-state index is 0.113. The van der Waals surface area contributed by atoms with Gasteiger partial charge in [0.2, 0.25) is 0 Å². The standard InChI is InChI=1S/C27H35N3O/c1-5-30(6-2)27(31)26-23(22-12-7-8-13-24(22)28-26)18-29-16-14-21(15-17-29)25-19(3)10-9-11-20(25)4/h7-13,21,28H,5-6,14-18H2,1-4H3. The molecule has 164 valence electrons. The average Bonchev–Trinajstić information content (AvgIpc) is 3.14. The number of piperidine rings is 1. The van der Waals surface area contributed by atoms with E-state index in [9.17, 15) is 4.79 Å². The highest BCUT2D eigenvalue weighted by Gasteiger charge is 2.26. The molecule has 3 aromatic rings. The zero-order chi connectivity index (χ0) is 22.0. The highest BCUT2D eigenvalue weighted by molar-refractivity contribution is 6.01. The number of H-pyrrole nitrogens is 1. The normalized spacial score (nSPS) is 15.5. The van der Waals surface area contributed by atoms with E-state index in [0.717, 1.165) is 49.5 Å². The summed E-state index contributed by atoms with van der Waals surface area (Å²) in [4.78, 5) is 21.1. The van der Waals surface area contributed by atoms with Gasteiger partial charge in [0, 0.05) is 36.1 Å². The number of nitrogens with one attached hydrogen (secondary N) is 1. The molecule has 0 spiro atoms. The minimum Gasteiger partial charge on any atom is -0.350 e. The highest BCUT2D eigenvalue weighted by Crippen LogP contribution is 2.34. The molecule has 1 amide bonds. The first kappa shape index (κ1) is 21.6. The summed E-state index contributed by atoms with van der Waals surface area (Å²) in [5.41, 5.74) is 7.36. The van der Waals surface area contributed by atoms with Crippen LogP contribution in [0.1, 0.15) is 65.3 Å². The molecule has 2 aromatic carbocycles. The van der Waals surface area contributed by atoms with Gasteiger partial charge in [-0.1, -0.05) is 36.4 Å². The van der Waals surface area contributed by atoms with Gasteiger partial charge in [0.15, 0.2) is 0 Å². The van der Waals surface area contributed by atoms with Crippen LogP contribution in [0, 0.1) is 13.8 Å². The maximum Gasteiger partial charge on any atom is 0.270 e. The molecule has 1 aliphatic heterocycles. The second kappa shape index (κ2) is 9.27. The van der Waals surface area contributed by atoms with Gasteiger partial charge >= 0.3 is 0 Å². The molecule has 0 saturated carbocycles. The van der Waals surface area contributed by atoms with Crippen LogP contribution in [0.15, 0.2) is 42.5 Å². The number of benzene rings is 2. The first-order chi connectivity index (χ1) is 15.0. The summed E-state index contributed by atoms with van der Waals surface area (Å²) in [5.74, 6) is 0.749. The van der Waals surface area contributed by atoms with Crippen molar-refractivity contribution in [2.24, 2.45) is 0 Å². The van der Waals surface area contributed by atoms with Crippen molar-refractivity contribution in [1.82, 2.24) is 14.8 Å². The summed E-state index contributed by atoms with van der Waals surface area (Å²) in [6, 6.07) is 15.0. The number of carbonyl (C=O) groups is 1. The Labute approximate surface area is 186 Å². The van der Waals surface area contributed by atoms with Crippen LogP contribution in [0.4, 0.5) is 0 Å². The molecule has 0 atom stereocenters. The molecule has 31 heavy (non-hydrogen) atoms. The third-order valence-electron chi connectivity index (χ3n) is 7.00. The Morgan fingerprint density at radius 2 is 1.65 bits per heavy atom. The van der Waals surface area contributed by atoms with E-state index < -0.39 is 0 Å². The highest BCUT2D eigenvalue weighted by atomic mass is 16.2. The molecular formula is C27H35N3O. The Morgan fingerprint density at radius 1 is 1.00 bits per heavy atom. The van der Waals surface area contributed by atoms with Gasteiger partial charge in [-0.05, 0) is 82.3 Å². The topological polar surface area (TPSA) is 39.3 Å². The van der Waals surface area contributed by atoms with Crippen molar-refractivity contribution in [3.8, 4) is 0 Å². The monoisotopic (exact) mass is 417 g/mol. The lowest BCUT2D eigenvalue weighted by atomic mass is 9.84. The number of hydrogen-bond donors (Lipinski definition) is 1. The number of aromatic nitrogens is 1. The molecule has 4 nitrogen and oxygen atoms in total. The van der Waals surface area contributed by atoms with Crippen molar-refractivity contribution in [3.63, 3.8) is 0 Å². The van der Waals surface area contributed by atoms with Crippen molar-refractivity contribution in [2.75, 3.05) is 26.2 Å². The van der Waals surface area contributed by atoms with Gasteiger partial charge in [0.05, 0.1) is 0 Å². The maximum absolute atomic E-state index is 13.2. The molecule has 1 aliphatic rings. The molecule has 0 unspecified atom stereocenters. The second-order valence-corrected chi connectivity index (χ2v) is 8.86. The molecule has 0 radical (unpaired) electrons. The van der Waals surface area contributed by atoms with Crippen LogP contribution in [0.3, 0.4) is 0 Å². The number of amides is 1. The lowest BCUT2D eigenvalue weighted by Gasteiger charge is -2.33. The molecule has 4 rings (SSSR count). The van der Waals surface area contributed by atoms with Gasteiger partial charge in [-0.25, -0.2) is 0 Å². The fourth-order valence-electron chi connectivity index (χ4n) is 5.29. The van der Waals surface area contributed by atoms with E-state index in [1.807, 2.05) is 24.8 Å². The molecule has 2 heterocycles. The van der Waals surface area contributed by atoms with E-state index in [1.54, 1.807) is 5.56 Å². The quantitative estimate of drug-likeness (QED) is 0.563. The van der Waals surface area contributed by atoms with Crippen molar-refractivity contribution in [1.29, 1.82) is 0 Å². The van der Waals surface area contributed by atoms with Crippen LogP contribution in [-0.4, -0.2) is 46.9 Å². The van der Waals surface area contributed by atoms with E-state index >= 15 is 0 Å². The molecule has 0 aliphatic carbocycles. The van der Waals surface area contributed by atoms with Crippen LogP contribution in [0.5, 0.6) is 0 Å². The number of carbonyl (C=O) groups excluding carboxylic acids is 1.